The number of anilines is 2. The lowest BCUT2D eigenvalue weighted by molar-refractivity contribution is -0.136. The Morgan fingerprint density at radius 1 is 0.814 bits per heavy atom. The summed E-state index contributed by atoms with van der Waals surface area (Å²) in [6, 6.07) is 31.1. The lowest BCUT2D eigenvalue weighted by Gasteiger charge is -2.52. The van der Waals surface area contributed by atoms with Gasteiger partial charge < -0.3 is 15.1 Å². The highest BCUT2D eigenvalue weighted by Gasteiger charge is 2.49. The number of sulfonamides is 1. The van der Waals surface area contributed by atoms with E-state index in [-0.39, 0.29) is 54.3 Å². The number of piperidine rings is 3. The van der Waals surface area contributed by atoms with Gasteiger partial charge in [-0.1, -0.05) is 73.5 Å². The quantitative estimate of drug-likeness (QED) is 0.0524. The topological polar surface area (TPSA) is 189 Å². The number of piperazine rings is 2. The van der Waals surface area contributed by atoms with Crippen LogP contribution in [-0.2, 0) is 42.5 Å². The fourth-order valence-electron chi connectivity index (χ4n) is 13.1. The molecule has 0 aromatic heterocycles. The summed E-state index contributed by atoms with van der Waals surface area (Å²) < 4.78 is 100. The molecule has 12 rings (SSSR count). The maximum Gasteiger partial charge on any atom is 0.501 e. The van der Waals surface area contributed by atoms with Crippen LogP contribution in [0.4, 0.5) is 24.5 Å². The molecular formula is C63H70ClF3N8O8S3. The van der Waals surface area contributed by atoms with E-state index in [9.17, 15) is 49.2 Å². The average molecular weight is 1260 g/mol. The summed E-state index contributed by atoms with van der Waals surface area (Å²) in [5.41, 5.74) is 1.21. The molecule has 6 aliphatic heterocycles. The van der Waals surface area contributed by atoms with Crippen LogP contribution in [0.3, 0.4) is 0 Å². The molecule has 86 heavy (non-hydrogen) atoms. The Bertz CT molecular complexity index is 3660. The highest BCUT2D eigenvalue weighted by molar-refractivity contribution is 7.99. The maximum atomic E-state index is 14.6. The second-order valence-electron chi connectivity index (χ2n) is 24.2. The first-order chi connectivity index (χ1) is 41.0. The van der Waals surface area contributed by atoms with Crippen molar-refractivity contribution in [1.82, 2.24) is 29.6 Å². The van der Waals surface area contributed by atoms with Gasteiger partial charge >= 0.3 is 5.51 Å². The van der Waals surface area contributed by atoms with Gasteiger partial charge in [0.2, 0.25) is 11.8 Å². The van der Waals surface area contributed by atoms with Crippen LogP contribution < -0.4 is 20.3 Å². The molecule has 23 heteroatoms. The number of nitrogens with zero attached hydrogens (tertiary/aromatic N) is 5. The van der Waals surface area contributed by atoms with Crippen molar-refractivity contribution in [2.24, 2.45) is 5.41 Å². The number of halogens is 4. The van der Waals surface area contributed by atoms with Crippen molar-refractivity contribution in [1.29, 1.82) is 0 Å². The third kappa shape index (κ3) is 13.7. The normalized spacial score (nSPS) is 21.8. The summed E-state index contributed by atoms with van der Waals surface area (Å²) >= 11 is 7.66. The van der Waals surface area contributed by atoms with Crippen molar-refractivity contribution >= 4 is 83.8 Å². The molecule has 0 radical (unpaired) electrons. The summed E-state index contributed by atoms with van der Waals surface area (Å²) in [6.45, 7) is 11.4. The zero-order chi connectivity index (χ0) is 60.7. The maximum absolute atomic E-state index is 14.6. The summed E-state index contributed by atoms with van der Waals surface area (Å²) in [4.78, 5) is 61.1. The number of hydrogen-bond acceptors (Lipinski definition) is 14. The number of carbonyl (C=O) groups excluding carboxylic acids is 4. The zero-order valence-electron chi connectivity index (χ0n) is 48.0. The van der Waals surface area contributed by atoms with Gasteiger partial charge in [0.05, 0.1) is 10.6 Å². The third-order valence-electron chi connectivity index (χ3n) is 17.8. The number of hydrogen-bond donors (Lipinski definition) is 3. The van der Waals surface area contributed by atoms with Crippen LogP contribution in [0.1, 0.15) is 103 Å². The lowest BCUT2D eigenvalue weighted by atomic mass is 9.73. The summed E-state index contributed by atoms with van der Waals surface area (Å²) in [5.74, 6) is -1.76. The molecule has 456 valence electrons. The smallest absolute Gasteiger partial charge is 0.380 e. The molecular weight excluding hydrogens is 1190 g/mol. The number of allylic oxidation sites excluding steroid dienone is 1. The first kappa shape index (κ1) is 61.4. The van der Waals surface area contributed by atoms with Gasteiger partial charge in [0.1, 0.15) is 10.9 Å². The van der Waals surface area contributed by atoms with Crippen molar-refractivity contribution in [3.63, 3.8) is 0 Å². The fraction of sp³-hybridized carbons (Fsp3) is 0.429. The fourth-order valence-corrected chi connectivity index (χ4v) is 16.2. The zero-order valence-corrected chi connectivity index (χ0v) is 51.2. The summed E-state index contributed by atoms with van der Waals surface area (Å²) in [7, 11) is -11.1. The van der Waals surface area contributed by atoms with Crippen molar-refractivity contribution in [3.05, 3.63) is 154 Å². The number of amides is 4. The third-order valence-corrected chi connectivity index (χ3v) is 22.1. The highest BCUT2D eigenvalue weighted by Crippen LogP contribution is 2.44. The van der Waals surface area contributed by atoms with Gasteiger partial charge in [-0.3, -0.25) is 39.2 Å². The number of alkyl halides is 3. The minimum absolute atomic E-state index is 0.0215. The number of benzene rings is 5. The number of imide groups is 1. The van der Waals surface area contributed by atoms with Gasteiger partial charge in [0.15, 0.2) is 0 Å². The van der Waals surface area contributed by atoms with Gasteiger partial charge in [0.25, 0.3) is 31.7 Å². The number of sulfone groups is 1. The number of carbonyl (C=O) groups is 4. The number of thioether (sulfide) groups is 1. The summed E-state index contributed by atoms with van der Waals surface area (Å²) in [5, 5.41) is 6.14. The monoisotopic (exact) mass is 1250 g/mol. The van der Waals surface area contributed by atoms with Crippen molar-refractivity contribution in [3.8, 4) is 0 Å². The second kappa shape index (κ2) is 25.1. The van der Waals surface area contributed by atoms with E-state index in [1.807, 2.05) is 65.4 Å². The molecule has 3 unspecified atom stereocenters. The Morgan fingerprint density at radius 3 is 2.21 bits per heavy atom. The molecule has 5 fully saturated rings. The van der Waals surface area contributed by atoms with Gasteiger partial charge in [-0.2, -0.15) is 13.2 Å². The molecule has 2 bridgehead atoms. The minimum Gasteiger partial charge on any atom is -0.380 e. The first-order valence-electron chi connectivity index (χ1n) is 29.2. The van der Waals surface area contributed by atoms with Gasteiger partial charge in [-0.15, -0.1) is 11.8 Å². The molecule has 4 atom stereocenters. The second-order valence-corrected chi connectivity index (χ2v) is 29.4. The molecule has 5 aromatic rings. The predicted molar refractivity (Wildman–Crippen MR) is 326 cm³/mol. The van der Waals surface area contributed by atoms with Gasteiger partial charge in [0, 0.05) is 122 Å². The molecule has 5 aromatic carbocycles. The SMILES string of the molecule is CC1(C)CCC(c2ccc(Cl)cc2)=C(CN2CCN(c3ccc(C(=O)NS(=O)(=O)c4ccc(N[C@H](CCN5CC6CCC5CN6Cc5ccc6c(c5)CN(C5CCC(=O)NC5=O)C6=O)CSc5ccccc5)c(S(=O)(=O)C(F)(F)F)c4)cc3)CC2)C1. The average Bonchev–Trinajstić information content (AvgIpc) is 1.89. The standard InChI is InChI=1S/C63H70ClF3N8O8S3/c1-62(2)26-24-53(42-9-13-46(64)14-10-42)45(34-62)36-71-28-30-72(31-29-71)48-15-11-43(12-16-48)59(77)70-86(82,83)52-19-21-55(57(33-52)85(80,81)63(65,66)67)68-47(40-84-51-6-4-3-5-7-51)25-27-73-38-50-18-17-49(73)39-74(50)35-41-8-20-54-44(32-41)37-75(61(54)79)56-22-23-58(76)69-60(56)78/h3-16,19-21,32-33,47,49-50,56,68H,17-18,22-31,34-40H2,1-2H3,(H,70,77)(H,69,76,78)/t47-,49?,50?,56?/m1/s1. The Balaban J connectivity index is 0.733. The van der Waals surface area contributed by atoms with E-state index in [1.54, 1.807) is 12.1 Å². The molecule has 6 heterocycles. The predicted octanol–water partition coefficient (Wildman–Crippen LogP) is 9.61. The molecule has 4 amide bonds. The van der Waals surface area contributed by atoms with Crippen LogP contribution in [0.5, 0.6) is 0 Å². The van der Waals surface area contributed by atoms with Crippen LogP contribution >= 0.6 is 23.4 Å². The molecule has 5 saturated heterocycles. The Morgan fingerprint density at radius 2 is 1.52 bits per heavy atom. The molecule has 1 aliphatic carbocycles. The van der Waals surface area contributed by atoms with Gasteiger partial charge in [-0.05, 0) is 145 Å². The molecule has 7 aliphatic rings. The van der Waals surface area contributed by atoms with Crippen molar-refractivity contribution in [2.75, 3.05) is 68.3 Å². The molecule has 3 N–H and O–H groups in total. The minimum atomic E-state index is -6.15. The number of fused-ring (bicyclic) bond motifs is 4. The van der Waals surface area contributed by atoms with Crippen molar-refractivity contribution < 1.29 is 49.2 Å². The Kier molecular flexibility index (Phi) is 17.9. The van der Waals surface area contributed by atoms with E-state index in [0.29, 0.717) is 41.9 Å². The van der Waals surface area contributed by atoms with E-state index < -0.39 is 64.7 Å². The lowest BCUT2D eigenvalue weighted by Crippen LogP contribution is -2.62. The van der Waals surface area contributed by atoms with E-state index in [2.05, 4.69) is 56.2 Å². The van der Waals surface area contributed by atoms with Crippen LogP contribution in [0.2, 0.25) is 5.02 Å². The number of rotatable bonds is 19. The number of nitrogens with one attached hydrogen (secondary N) is 3. The first-order valence-corrected chi connectivity index (χ1v) is 33.6. The van der Waals surface area contributed by atoms with Crippen LogP contribution in [0, 0.1) is 5.41 Å². The van der Waals surface area contributed by atoms with Crippen LogP contribution in [0.25, 0.3) is 5.57 Å². The largest absolute Gasteiger partial charge is 0.501 e. The molecule has 0 spiro atoms. The van der Waals surface area contributed by atoms with E-state index in [0.717, 1.165) is 112 Å². The molecule has 0 saturated carbocycles. The Labute approximate surface area is 509 Å². The van der Waals surface area contributed by atoms with E-state index >= 15 is 0 Å². The van der Waals surface area contributed by atoms with Crippen molar-refractivity contribution in [2.45, 2.75) is 123 Å². The van der Waals surface area contributed by atoms with Crippen LogP contribution in [-0.4, -0.2) is 148 Å². The molecule has 16 nitrogen and oxygen atoms in total. The van der Waals surface area contributed by atoms with E-state index in [1.165, 1.54) is 45.5 Å². The van der Waals surface area contributed by atoms with Gasteiger partial charge in [-0.25, -0.2) is 21.6 Å². The van der Waals surface area contributed by atoms with Crippen LogP contribution in [0.15, 0.2) is 136 Å². The summed E-state index contributed by atoms with van der Waals surface area (Å²) in [6.07, 6.45) is 5.83. The Hall–Kier alpha value is -6.27. The van der Waals surface area contributed by atoms with E-state index in [4.69, 9.17) is 11.6 Å². The highest BCUT2D eigenvalue weighted by atomic mass is 35.5.